The lowest BCUT2D eigenvalue weighted by molar-refractivity contribution is -0.115. The van der Waals surface area contributed by atoms with Crippen LogP contribution < -0.4 is 14.8 Å². The van der Waals surface area contributed by atoms with Gasteiger partial charge in [-0.25, -0.2) is 0 Å². The summed E-state index contributed by atoms with van der Waals surface area (Å²) in [5.41, 5.74) is 5.19. The van der Waals surface area contributed by atoms with E-state index in [1.807, 2.05) is 48.5 Å². The first-order chi connectivity index (χ1) is 16.0. The number of likely N-dealkylation sites (N-methyl/N-ethyl adjacent to an activating group) is 1. The number of hydrogen-bond acceptors (Lipinski definition) is 5. The highest BCUT2D eigenvalue weighted by atomic mass is 16.5. The van der Waals surface area contributed by atoms with Gasteiger partial charge < -0.3 is 19.7 Å². The molecule has 1 unspecified atom stereocenters. The molecule has 1 aliphatic rings. The molecular weight excluding hydrogens is 414 g/mol. The Morgan fingerprint density at radius 1 is 0.970 bits per heavy atom. The van der Waals surface area contributed by atoms with Gasteiger partial charge in [0, 0.05) is 18.3 Å². The van der Waals surface area contributed by atoms with Crippen molar-refractivity contribution < 1.29 is 14.3 Å². The normalized spacial score (nSPS) is 15.4. The highest BCUT2D eigenvalue weighted by molar-refractivity contribution is 6.24. The molecule has 4 rings (SSSR count). The van der Waals surface area contributed by atoms with E-state index in [2.05, 4.69) is 36.4 Å². The fourth-order valence-corrected chi connectivity index (χ4v) is 3.99. The van der Waals surface area contributed by atoms with Gasteiger partial charge in [-0.2, -0.15) is 0 Å². The van der Waals surface area contributed by atoms with Crippen molar-refractivity contribution in [1.29, 1.82) is 0 Å². The molecule has 1 amide bonds. The first kappa shape index (κ1) is 22.6. The van der Waals surface area contributed by atoms with Crippen molar-refractivity contribution in [3.8, 4) is 11.5 Å². The van der Waals surface area contributed by atoms with Crippen molar-refractivity contribution in [1.82, 2.24) is 4.90 Å². The van der Waals surface area contributed by atoms with Crippen LogP contribution >= 0.6 is 0 Å². The van der Waals surface area contributed by atoms with E-state index in [1.165, 1.54) is 5.56 Å². The summed E-state index contributed by atoms with van der Waals surface area (Å²) in [6.07, 6.45) is 0.975. The molecule has 3 aromatic rings. The van der Waals surface area contributed by atoms with Crippen LogP contribution in [-0.4, -0.2) is 51.4 Å². The average Bonchev–Trinajstić information content (AvgIpc) is 3.15. The molecule has 6 heteroatoms. The summed E-state index contributed by atoms with van der Waals surface area (Å²) in [4.78, 5) is 20.3. The zero-order chi connectivity index (χ0) is 23.4. The summed E-state index contributed by atoms with van der Waals surface area (Å²) in [7, 11) is 7.31. The zero-order valence-corrected chi connectivity index (χ0v) is 19.5. The van der Waals surface area contributed by atoms with E-state index in [0.29, 0.717) is 22.9 Å². The molecule has 170 valence electrons. The summed E-state index contributed by atoms with van der Waals surface area (Å²) in [5, 5.41) is 2.99. The number of aliphatic imine (C=N–C) groups is 1. The van der Waals surface area contributed by atoms with E-state index in [0.717, 1.165) is 29.8 Å². The molecule has 1 aliphatic heterocycles. The summed E-state index contributed by atoms with van der Waals surface area (Å²) in [6.45, 7) is 0.988. The van der Waals surface area contributed by atoms with E-state index in [4.69, 9.17) is 14.5 Å². The Labute approximate surface area is 194 Å². The third-order valence-electron chi connectivity index (χ3n) is 5.76. The Balaban J connectivity index is 1.76. The maximum atomic E-state index is 13.2. The summed E-state index contributed by atoms with van der Waals surface area (Å²) < 4.78 is 10.9. The molecule has 6 nitrogen and oxygen atoms in total. The summed E-state index contributed by atoms with van der Waals surface area (Å²) in [5.74, 6) is 0.472. The second-order valence-electron chi connectivity index (χ2n) is 8.30. The van der Waals surface area contributed by atoms with Gasteiger partial charge in [-0.05, 0) is 55.4 Å². The number of carbonyl (C=O) groups is 1. The molecule has 0 saturated carbocycles. The average molecular weight is 444 g/mol. The number of nitrogens with one attached hydrogen (secondary N) is 1. The number of rotatable bonds is 8. The van der Waals surface area contributed by atoms with Crippen LogP contribution in [0.25, 0.3) is 0 Å². The first-order valence-electron chi connectivity index (χ1n) is 10.9. The molecular formula is C27H29N3O3. The minimum absolute atomic E-state index is 0.120. The minimum Gasteiger partial charge on any atom is -0.493 e. The van der Waals surface area contributed by atoms with Crippen molar-refractivity contribution in [2.75, 3.05) is 40.2 Å². The van der Waals surface area contributed by atoms with E-state index in [1.54, 1.807) is 20.3 Å². The standard InChI is InChI=1S/C27H29N3O3/c1-30(2)15-14-18-10-12-20(13-11-18)28-26(19-8-6-5-7-9-19)25-21-16-23(32-3)24(33-4)17-22(21)29-27(25)31/h5-13,16-17,25H,14-15H2,1-4H3,(H,29,31). The lowest BCUT2D eigenvalue weighted by Gasteiger charge is -2.15. The number of anilines is 1. The Bertz CT molecular complexity index is 1160. The van der Waals surface area contributed by atoms with Crippen molar-refractivity contribution in [3.05, 3.63) is 83.4 Å². The molecule has 0 aliphatic carbocycles. The Hall–Kier alpha value is -3.64. The second kappa shape index (κ2) is 9.88. The van der Waals surface area contributed by atoms with Gasteiger partial charge in [-0.15, -0.1) is 0 Å². The van der Waals surface area contributed by atoms with E-state index < -0.39 is 5.92 Å². The number of carbonyl (C=O) groups excluding carboxylic acids is 1. The summed E-state index contributed by atoms with van der Waals surface area (Å²) in [6, 6.07) is 21.7. The third kappa shape index (κ3) is 4.91. The minimum atomic E-state index is -0.560. The number of benzene rings is 3. The number of methoxy groups -OCH3 is 2. The van der Waals surface area contributed by atoms with Crippen molar-refractivity contribution in [2.24, 2.45) is 4.99 Å². The van der Waals surface area contributed by atoms with Crippen LogP contribution in [0.3, 0.4) is 0 Å². The van der Waals surface area contributed by atoms with Crippen molar-refractivity contribution in [2.45, 2.75) is 12.3 Å². The maximum absolute atomic E-state index is 13.2. The molecule has 0 spiro atoms. The quantitative estimate of drug-likeness (QED) is 0.514. The molecule has 0 bridgehead atoms. The van der Waals surface area contributed by atoms with Gasteiger partial charge in [0.15, 0.2) is 11.5 Å². The fraction of sp³-hybridized carbons (Fsp3) is 0.259. The van der Waals surface area contributed by atoms with Gasteiger partial charge in [-0.1, -0.05) is 42.5 Å². The highest BCUT2D eigenvalue weighted by Gasteiger charge is 2.36. The zero-order valence-electron chi connectivity index (χ0n) is 19.5. The lowest BCUT2D eigenvalue weighted by atomic mass is 9.90. The summed E-state index contributed by atoms with van der Waals surface area (Å²) >= 11 is 0. The maximum Gasteiger partial charge on any atom is 0.238 e. The molecule has 0 radical (unpaired) electrons. The van der Waals surface area contributed by atoms with Crippen LogP contribution in [0.1, 0.15) is 22.6 Å². The SMILES string of the molecule is COc1cc2c(cc1OC)C(C(=Nc1ccc(CCN(C)C)cc1)c1ccccc1)C(=O)N2. The van der Waals surface area contributed by atoms with Crippen LogP contribution in [0, 0.1) is 0 Å². The Kier molecular flexibility index (Phi) is 6.75. The topological polar surface area (TPSA) is 63.2 Å². The van der Waals surface area contributed by atoms with Crippen molar-refractivity contribution >= 4 is 23.0 Å². The van der Waals surface area contributed by atoms with Gasteiger partial charge in [-0.3, -0.25) is 9.79 Å². The number of hydrogen-bond donors (Lipinski definition) is 1. The van der Waals surface area contributed by atoms with Crippen LogP contribution in [0.4, 0.5) is 11.4 Å². The monoisotopic (exact) mass is 443 g/mol. The largest absolute Gasteiger partial charge is 0.493 e. The molecule has 33 heavy (non-hydrogen) atoms. The Morgan fingerprint density at radius 3 is 2.27 bits per heavy atom. The van der Waals surface area contributed by atoms with Crippen LogP contribution in [-0.2, 0) is 11.2 Å². The molecule has 0 aromatic heterocycles. The third-order valence-corrected chi connectivity index (χ3v) is 5.76. The predicted octanol–water partition coefficient (Wildman–Crippen LogP) is 4.66. The number of amides is 1. The number of ether oxygens (including phenoxy) is 2. The van der Waals surface area contributed by atoms with E-state index in [-0.39, 0.29) is 5.91 Å². The van der Waals surface area contributed by atoms with Crippen LogP contribution in [0.2, 0.25) is 0 Å². The first-order valence-corrected chi connectivity index (χ1v) is 10.9. The van der Waals surface area contributed by atoms with Gasteiger partial charge in [0.25, 0.3) is 0 Å². The smallest absolute Gasteiger partial charge is 0.238 e. The van der Waals surface area contributed by atoms with Gasteiger partial charge >= 0.3 is 0 Å². The highest BCUT2D eigenvalue weighted by Crippen LogP contribution is 2.42. The van der Waals surface area contributed by atoms with Crippen LogP contribution in [0.15, 0.2) is 71.7 Å². The predicted molar refractivity (Wildman–Crippen MR) is 132 cm³/mol. The van der Waals surface area contributed by atoms with Gasteiger partial charge in [0.2, 0.25) is 5.91 Å². The molecule has 3 aromatic carbocycles. The number of nitrogens with zero attached hydrogens (tertiary/aromatic N) is 2. The van der Waals surface area contributed by atoms with Gasteiger partial charge in [0.1, 0.15) is 5.92 Å². The lowest BCUT2D eigenvalue weighted by Crippen LogP contribution is -2.22. The van der Waals surface area contributed by atoms with Crippen molar-refractivity contribution in [3.63, 3.8) is 0 Å². The van der Waals surface area contributed by atoms with E-state index >= 15 is 0 Å². The fourth-order valence-electron chi connectivity index (χ4n) is 3.99. The van der Waals surface area contributed by atoms with E-state index in [9.17, 15) is 4.79 Å². The number of fused-ring (bicyclic) bond motifs is 1. The molecule has 1 N–H and O–H groups in total. The molecule has 1 heterocycles. The van der Waals surface area contributed by atoms with Crippen LogP contribution in [0.5, 0.6) is 11.5 Å². The van der Waals surface area contributed by atoms with Gasteiger partial charge in [0.05, 0.1) is 25.6 Å². The molecule has 0 saturated heterocycles. The molecule has 1 atom stereocenters. The Morgan fingerprint density at radius 2 is 1.64 bits per heavy atom. The molecule has 0 fully saturated rings. The second-order valence-corrected chi connectivity index (χ2v) is 8.30.